The van der Waals surface area contributed by atoms with Crippen LogP contribution in [0.3, 0.4) is 0 Å². The number of para-hydroxylation sites is 1. The lowest BCUT2D eigenvalue weighted by Gasteiger charge is -2.17. The summed E-state index contributed by atoms with van der Waals surface area (Å²) >= 11 is 5.86. The first-order chi connectivity index (χ1) is 12.0. The van der Waals surface area contributed by atoms with Crippen LogP contribution in [0, 0.1) is 11.7 Å². The smallest absolute Gasteiger partial charge is 0.319 e. The second-order valence-corrected chi connectivity index (χ2v) is 6.30. The van der Waals surface area contributed by atoms with Crippen LogP contribution in [0.2, 0.25) is 5.02 Å². The molecule has 1 atom stereocenters. The summed E-state index contributed by atoms with van der Waals surface area (Å²) in [5.41, 5.74) is 0.901. The Morgan fingerprint density at radius 1 is 1.20 bits per heavy atom. The molecule has 2 aromatic rings. The lowest BCUT2D eigenvalue weighted by molar-refractivity contribution is -0.117. The van der Waals surface area contributed by atoms with Gasteiger partial charge in [0, 0.05) is 36.1 Å². The van der Waals surface area contributed by atoms with E-state index in [9.17, 15) is 14.0 Å². The van der Waals surface area contributed by atoms with Gasteiger partial charge in [0.25, 0.3) is 0 Å². The van der Waals surface area contributed by atoms with Crippen molar-refractivity contribution in [2.24, 2.45) is 5.92 Å². The Kier molecular flexibility index (Phi) is 5.19. The van der Waals surface area contributed by atoms with E-state index in [4.69, 9.17) is 11.6 Å². The maximum atomic E-state index is 13.5. The summed E-state index contributed by atoms with van der Waals surface area (Å²) in [4.78, 5) is 25.7. The molecule has 0 unspecified atom stereocenters. The third-order valence-corrected chi connectivity index (χ3v) is 4.27. The number of benzene rings is 2. The van der Waals surface area contributed by atoms with E-state index in [1.54, 1.807) is 41.3 Å². The predicted molar refractivity (Wildman–Crippen MR) is 95.3 cm³/mol. The van der Waals surface area contributed by atoms with Gasteiger partial charge < -0.3 is 15.5 Å². The van der Waals surface area contributed by atoms with Gasteiger partial charge in [-0.1, -0.05) is 23.7 Å². The molecule has 0 saturated carbocycles. The molecule has 7 heteroatoms. The quantitative estimate of drug-likeness (QED) is 0.873. The van der Waals surface area contributed by atoms with Gasteiger partial charge in [0.1, 0.15) is 5.82 Å². The number of carbonyl (C=O) groups is 2. The highest BCUT2D eigenvalue weighted by molar-refractivity contribution is 6.30. The predicted octanol–water partition coefficient (Wildman–Crippen LogP) is 3.65. The van der Waals surface area contributed by atoms with Gasteiger partial charge in [-0.2, -0.15) is 0 Å². The van der Waals surface area contributed by atoms with Gasteiger partial charge in [-0.25, -0.2) is 9.18 Å². The summed E-state index contributed by atoms with van der Waals surface area (Å²) in [6.07, 6.45) is 0.350. The Bertz CT molecular complexity index is 782. The molecule has 3 amide bonds. The monoisotopic (exact) mass is 361 g/mol. The molecule has 2 N–H and O–H groups in total. The maximum Gasteiger partial charge on any atom is 0.319 e. The number of amides is 3. The zero-order valence-electron chi connectivity index (χ0n) is 13.3. The van der Waals surface area contributed by atoms with Crippen molar-refractivity contribution >= 4 is 34.9 Å². The Balaban J connectivity index is 1.52. The number of hydrogen-bond acceptors (Lipinski definition) is 2. The van der Waals surface area contributed by atoms with E-state index in [0.717, 1.165) is 5.69 Å². The Labute approximate surface area is 149 Å². The fourth-order valence-electron chi connectivity index (χ4n) is 2.75. The summed E-state index contributed by atoms with van der Waals surface area (Å²) in [6, 6.07) is 12.5. The number of nitrogens with one attached hydrogen (secondary N) is 2. The van der Waals surface area contributed by atoms with Crippen LogP contribution in [0.25, 0.3) is 0 Å². The van der Waals surface area contributed by atoms with Gasteiger partial charge in [0.2, 0.25) is 5.91 Å². The van der Waals surface area contributed by atoms with Crippen molar-refractivity contribution in [3.8, 4) is 0 Å². The number of urea groups is 1. The van der Waals surface area contributed by atoms with Crippen molar-refractivity contribution in [3.05, 3.63) is 59.4 Å². The van der Waals surface area contributed by atoms with Gasteiger partial charge in [0.05, 0.1) is 5.69 Å². The standard InChI is InChI=1S/C18H17ClFN3O2/c19-13-5-7-14(8-6-13)23-11-12(9-17(23)24)10-21-18(25)22-16-4-2-1-3-15(16)20/h1-8,12H,9-11H2,(H2,21,22,25)/t12-/m1/s1. The number of carbonyl (C=O) groups excluding carboxylic acids is 2. The Morgan fingerprint density at radius 2 is 1.92 bits per heavy atom. The van der Waals surface area contributed by atoms with Crippen LogP contribution in [-0.2, 0) is 4.79 Å². The number of halogens is 2. The molecule has 3 rings (SSSR count). The average molecular weight is 362 g/mol. The van der Waals surface area contributed by atoms with Crippen molar-refractivity contribution in [1.82, 2.24) is 5.32 Å². The van der Waals surface area contributed by atoms with Crippen molar-refractivity contribution in [1.29, 1.82) is 0 Å². The molecule has 1 saturated heterocycles. The minimum Gasteiger partial charge on any atom is -0.338 e. The molecule has 1 fully saturated rings. The third-order valence-electron chi connectivity index (χ3n) is 4.02. The molecule has 0 aliphatic carbocycles. The first-order valence-electron chi connectivity index (χ1n) is 7.88. The zero-order valence-corrected chi connectivity index (χ0v) is 14.1. The molecule has 0 aromatic heterocycles. The van der Waals surface area contributed by atoms with Gasteiger partial charge in [0.15, 0.2) is 0 Å². The fraction of sp³-hybridized carbons (Fsp3) is 0.222. The first-order valence-corrected chi connectivity index (χ1v) is 8.26. The maximum absolute atomic E-state index is 13.5. The molecule has 1 aliphatic rings. The molecule has 5 nitrogen and oxygen atoms in total. The minimum absolute atomic E-state index is 0.00337. The van der Waals surface area contributed by atoms with E-state index < -0.39 is 11.8 Å². The number of anilines is 2. The lowest BCUT2D eigenvalue weighted by atomic mass is 10.1. The highest BCUT2D eigenvalue weighted by Gasteiger charge is 2.30. The summed E-state index contributed by atoms with van der Waals surface area (Å²) < 4.78 is 13.5. The van der Waals surface area contributed by atoms with Gasteiger partial charge in [-0.3, -0.25) is 4.79 Å². The molecule has 25 heavy (non-hydrogen) atoms. The second kappa shape index (κ2) is 7.53. The van der Waals surface area contributed by atoms with Crippen molar-refractivity contribution in [2.45, 2.75) is 6.42 Å². The van der Waals surface area contributed by atoms with Crippen LogP contribution in [-0.4, -0.2) is 25.0 Å². The summed E-state index contributed by atoms with van der Waals surface area (Å²) in [5.74, 6) is -0.499. The normalized spacial score (nSPS) is 16.8. The summed E-state index contributed by atoms with van der Waals surface area (Å²) in [6.45, 7) is 0.844. The largest absolute Gasteiger partial charge is 0.338 e. The number of rotatable bonds is 4. The second-order valence-electron chi connectivity index (χ2n) is 5.87. The molecule has 130 valence electrons. The van der Waals surface area contributed by atoms with Gasteiger partial charge in [-0.05, 0) is 36.4 Å². The van der Waals surface area contributed by atoms with E-state index in [1.165, 1.54) is 12.1 Å². The molecule has 2 aromatic carbocycles. The molecule has 1 aliphatic heterocycles. The first kappa shape index (κ1) is 17.2. The van der Waals surface area contributed by atoms with Crippen LogP contribution in [0.15, 0.2) is 48.5 Å². The minimum atomic E-state index is -0.498. The molecular formula is C18H17ClFN3O2. The summed E-state index contributed by atoms with van der Waals surface area (Å²) in [7, 11) is 0. The van der Waals surface area contributed by atoms with Crippen LogP contribution in [0.4, 0.5) is 20.6 Å². The number of nitrogens with zero attached hydrogens (tertiary/aromatic N) is 1. The summed E-state index contributed by atoms with van der Waals surface area (Å²) in [5, 5.41) is 5.75. The van der Waals surface area contributed by atoms with Gasteiger partial charge in [-0.15, -0.1) is 0 Å². The topological polar surface area (TPSA) is 61.4 Å². The molecule has 0 radical (unpaired) electrons. The molecule has 0 spiro atoms. The van der Waals surface area contributed by atoms with Crippen molar-refractivity contribution in [3.63, 3.8) is 0 Å². The van der Waals surface area contributed by atoms with E-state index in [2.05, 4.69) is 10.6 Å². The fourth-order valence-corrected chi connectivity index (χ4v) is 2.88. The Hall–Kier alpha value is -2.60. The zero-order chi connectivity index (χ0) is 17.8. The van der Waals surface area contributed by atoms with Gasteiger partial charge >= 0.3 is 6.03 Å². The molecule has 1 heterocycles. The van der Waals surface area contributed by atoms with Crippen molar-refractivity contribution < 1.29 is 14.0 Å². The van der Waals surface area contributed by atoms with E-state index >= 15 is 0 Å². The lowest BCUT2D eigenvalue weighted by Crippen LogP contribution is -2.34. The van der Waals surface area contributed by atoms with E-state index in [1.807, 2.05) is 0 Å². The SMILES string of the molecule is O=C(NC[C@H]1CC(=O)N(c2ccc(Cl)cc2)C1)Nc1ccccc1F. The third kappa shape index (κ3) is 4.28. The number of hydrogen-bond donors (Lipinski definition) is 2. The van der Waals surface area contributed by atoms with Crippen LogP contribution < -0.4 is 15.5 Å². The molecule has 0 bridgehead atoms. The average Bonchev–Trinajstić information content (AvgIpc) is 2.97. The van der Waals surface area contributed by atoms with E-state index in [0.29, 0.717) is 24.5 Å². The highest BCUT2D eigenvalue weighted by atomic mass is 35.5. The van der Waals surface area contributed by atoms with Crippen LogP contribution >= 0.6 is 11.6 Å². The molecular weight excluding hydrogens is 345 g/mol. The highest BCUT2D eigenvalue weighted by Crippen LogP contribution is 2.26. The van der Waals surface area contributed by atoms with Crippen molar-refractivity contribution in [2.75, 3.05) is 23.3 Å². The van der Waals surface area contributed by atoms with Crippen LogP contribution in [0.5, 0.6) is 0 Å². The van der Waals surface area contributed by atoms with E-state index in [-0.39, 0.29) is 17.5 Å². The Morgan fingerprint density at radius 3 is 2.64 bits per heavy atom. The van der Waals surface area contributed by atoms with Crippen LogP contribution in [0.1, 0.15) is 6.42 Å².